The first-order valence-corrected chi connectivity index (χ1v) is 8.82. The first-order valence-electron chi connectivity index (χ1n) is 8.82. The van der Waals surface area contributed by atoms with Crippen molar-refractivity contribution in [3.8, 4) is 0 Å². The predicted molar refractivity (Wildman–Crippen MR) is 103 cm³/mol. The smallest absolute Gasteiger partial charge is 0.129 e. The molecule has 0 saturated carbocycles. The van der Waals surface area contributed by atoms with E-state index in [1.54, 1.807) is 0 Å². The molecule has 126 valence electrons. The van der Waals surface area contributed by atoms with Gasteiger partial charge in [-0.15, -0.1) is 0 Å². The molecule has 0 amide bonds. The summed E-state index contributed by atoms with van der Waals surface area (Å²) in [4.78, 5) is 7.22. The van der Waals surface area contributed by atoms with E-state index in [0.717, 1.165) is 42.1 Å². The maximum Gasteiger partial charge on any atom is 0.129 e. The SMILES string of the molecule is Cc1nc(N2CCc3ccccc3C2)ccc1C(N)c1ccccc1. The second kappa shape index (κ2) is 6.69. The van der Waals surface area contributed by atoms with Gasteiger partial charge in [0.25, 0.3) is 0 Å². The Bertz CT molecular complexity index is 873. The van der Waals surface area contributed by atoms with Gasteiger partial charge in [-0.2, -0.15) is 0 Å². The van der Waals surface area contributed by atoms with E-state index in [-0.39, 0.29) is 6.04 Å². The Kier molecular flexibility index (Phi) is 4.24. The van der Waals surface area contributed by atoms with Crippen LogP contribution >= 0.6 is 0 Å². The number of hydrogen-bond acceptors (Lipinski definition) is 3. The van der Waals surface area contributed by atoms with Gasteiger partial charge in [-0.25, -0.2) is 4.98 Å². The molecule has 1 aromatic heterocycles. The molecule has 0 aliphatic carbocycles. The minimum atomic E-state index is -0.134. The van der Waals surface area contributed by atoms with Crippen LogP contribution < -0.4 is 10.6 Å². The third kappa shape index (κ3) is 3.15. The average molecular weight is 329 g/mol. The summed E-state index contributed by atoms with van der Waals surface area (Å²) in [5.41, 5.74) is 12.5. The molecule has 0 spiro atoms. The van der Waals surface area contributed by atoms with Crippen molar-refractivity contribution in [3.63, 3.8) is 0 Å². The van der Waals surface area contributed by atoms with Crippen LogP contribution in [0.1, 0.15) is 34.0 Å². The van der Waals surface area contributed by atoms with E-state index in [1.165, 1.54) is 11.1 Å². The van der Waals surface area contributed by atoms with Crippen LogP contribution in [-0.2, 0) is 13.0 Å². The molecule has 1 unspecified atom stereocenters. The Morgan fingerprint density at radius 3 is 2.40 bits per heavy atom. The van der Waals surface area contributed by atoms with Crippen molar-refractivity contribution in [3.05, 3.63) is 94.7 Å². The minimum Gasteiger partial charge on any atom is -0.352 e. The second-order valence-corrected chi connectivity index (χ2v) is 6.67. The van der Waals surface area contributed by atoms with Crippen LogP contribution in [0, 0.1) is 6.92 Å². The van der Waals surface area contributed by atoms with Crippen molar-refractivity contribution < 1.29 is 0 Å². The summed E-state index contributed by atoms with van der Waals surface area (Å²) < 4.78 is 0. The highest BCUT2D eigenvalue weighted by molar-refractivity contribution is 5.47. The molecule has 0 bridgehead atoms. The van der Waals surface area contributed by atoms with Crippen molar-refractivity contribution in [1.82, 2.24) is 4.98 Å². The minimum absolute atomic E-state index is 0.134. The molecular formula is C22H23N3. The van der Waals surface area contributed by atoms with E-state index in [0.29, 0.717) is 0 Å². The lowest BCUT2D eigenvalue weighted by Gasteiger charge is -2.30. The molecule has 3 aromatic rings. The van der Waals surface area contributed by atoms with Crippen LogP contribution in [0.4, 0.5) is 5.82 Å². The third-order valence-corrected chi connectivity index (χ3v) is 5.06. The largest absolute Gasteiger partial charge is 0.352 e. The second-order valence-electron chi connectivity index (χ2n) is 6.67. The summed E-state index contributed by atoms with van der Waals surface area (Å²) in [6, 6.07) is 23.0. The quantitative estimate of drug-likeness (QED) is 0.790. The van der Waals surface area contributed by atoms with Crippen molar-refractivity contribution in [2.75, 3.05) is 11.4 Å². The van der Waals surface area contributed by atoms with Crippen molar-refractivity contribution in [1.29, 1.82) is 0 Å². The molecule has 25 heavy (non-hydrogen) atoms. The molecule has 2 aromatic carbocycles. The summed E-state index contributed by atoms with van der Waals surface area (Å²) in [5.74, 6) is 1.04. The fourth-order valence-corrected chi connectivity index (χ4v) is 3.59. The van der Waals surface area contributed by atoms with Crippen LogP contribution in [0.2, 0.25) is 0 Å². The highest BCUT2D eigenvalue weighted by atomic mass is 15.2. The number of pyridine rings is 1. The Hall–Kier alpha value is -2.65. The van der Waals surface area contributed by atoms with E-state index >= 15 is 0 Å². The summed E-state index contributed by atoms with van der Waals surface area (Å²) in [7, 11) is 0. The van der Waals surface area contributed by atoms with Gasteiger partial charge < -0.3 is 10.6 Å². The molecule has 3 nitrogen and oxygen atoms in total. The number of fused-ring (bicyclic) bond motifs is 1. The zero-order valence-corrected chi connectivity index (χ0v) is 14.5. The van der Waals surface area contributed by atoms with Crippen LogP contribution in [0.15, 0.2) is 66.7 Å². The van der Waals surface area contributed by atoms with E-state index in [1.807, 2.05) is 18.2 Å². The fourth-order valence-electron chi connectivity index (χ4n) is 3.59. The van der Waals surface area contributed by atoms with Gasteiger partial charge in [-0.3, -0.25) is 0 Å². The van der Waals surface area contributed by atoms with E-state index < -0.39 is 0 Å². The number of aromatic nitrogens is 1. The molecule has 4 rings (SSSR count). The normalized spacial score (nSPS) is 14.9. The number of nitrogens with zero attached hydrogens (tertiary/aromatic N) is 2. The average Bonchev–Trinajstić information content (AvgIpc) is 2.67. The molecule has 0 radical (unpaired) electrons. The van der Waals surface area contributed by atoms with E-state index in [2.05, 4.69) is 60.4 Å². The molecule has 1 aliphatic rings. The first-order chi connectivity index (χ1) is 12.2. The van der Waals surface area contributed by atoms with Gasteiger partial charge in [-0.05, 0) is 41.7 Å². The lowest BCUT2D eigenvalue weighted by molar-refractivity contribution is 0.717. The van der Waals surface area contributed by atoms with Crippen molar-refractivity contribution in [2.45, 2.75) is 25.9 Å². The maximum absolute atomic E-state index is 6.46. The summed E-state index contributed by atoms with van der Waals surface area (Å²) >= 11 is 0. The van der Waals surface area contributed by atoms with Gasteiger partial charge in [0, 0.05) is 18.8 Å². The topological polar surface area (TPSA) is 42.2 Å². The van der Waals surface area contributed by atoms with Gasteiger partial charge in [-0.1, -0.05) is 60.7 Å². The monoisotopic (exact) mass is 329 g/mol. The molecule has 3 heteroatoms. The van der Waals surface area contributed by atoms with Crippen LogP contribution in [0.25, 0.3) is 0 Å². The zero-order valence-electron chi connectivity index (χ0n) is 14.5. The number of aryl methyl sites for hydroxylation is 1. The van der Waals surface area contributed by atoms with Crippen molar-refractivity contribution in [2.24, 2.45) is 5.73 Å². The van der Waals surface area contributed by atoms with Crippen LogP contribution in [0.5, 0.6) is 0 Å². The summed E-state index contributed by atoms with van der Waals surface area (Å²) in [5, 5.41) is 0. The van der Waals surface area contributed by atoms with Gasteiger partial charge in [0.2, 0.25) is 0 Å². The van der Waals surface area contributed by atoms with Crippen LogP contribution in [0.3, 0.4) is 0 Å². The molecule has 1 atom stereocenters. The third-order valence-electron chi connectivity index (χ3n) is 5.06. The number of benzene rings is 2. The standard InChI is InChI=1S/C22H23N3/c1-16-20(22(23)18-8-3-2-4-9-18)11-12-21(24-16)25-14-13-17-7-5-6-10-19(17)15-25/h2-12,22H,13-15,23H2,1H3. The Morgan fingerprint density at radius 1 is 0.920 bits per heavy atom. The number of anilines is 1. The predicted octanol–water partition coefficient (Wildman–Crippen LogP) is 4.00. The molecule has 0 fully saturated rings. The van der Waals surface area contributed by atoms with Gasteiger partial charge in [0.15, 0.2) is 0 Å². The highest BCUT2D eigenvalue weighted by Gasteiger charge is 2.19. The molecule has 1 aliphatic heterocycles. The molecule has 2 N–H and O–H groups in total. The summed E-state index contributed by atoms with van der Waals surface area (Å²) in [6.07, 6.45) is 1.07. The van der Waals surface area contributed by atoms with E-state index in [9.17, 15) is 0 Å². The number of nitrogens with two attached hydrogens (primary N) is 1. The zero-order chi connectivity index (χ0) is 17.2. The Balaban J connectivity index is 1.58. The Morgan fingerprint density at radius 2 is 1.64 bits per heavy atom. The van der Waals surface area contributed by atoms with Gasteiger partial charge in [0.05, 0.1) is 6.04 Å². The lowest BCUT2D eigenvalue weighted by atomic mass is 9.98. The number of rotatable bonds is 3. The van der Waals surface area contributed by atoms with Crippen LogP contribution in [-0.4, -0.2) is 11.5 Å². The highest BCUT2D eigenvalue weighted by Crippen LogP contribution is 2.27. The lowest BCUT2D eigenvalue weighted by Crippen LogP contribution is -2.31. The molecular weight excluding hydrogens is 306 g/mol. The molecule has 0 saturated heterocycles. The Labute approximate surface area is 149 Å². The fraction of sp³-hybridized carbons (Fsp3) is 0.227. The summed E-state index contributed by atoms with van der Waals surface area (Å²) in [6.45, 7) is 3.99. The van der Waals surface area contributed by atoms with Gasteiger partial charge >= 0.3 is 0 Å². The van der Waals surface area contributed by atoms with Gasteiger partial charge in [0.1, 0.15) is 5.82 Å². The maximum atomic E-state index is 6.46. The first kappa shape index (κ1) is 15.9. The van der Waals surface area contributed by atoms with Crippen molar-refractivity contribution >= 4 is 5.82 Å². The molecule has 2 heterocycles. The number of hydrogen-bond donors (Lipinski definition) is 1. The van der Waals surface area contributed by atoms with E-state index in [4.69, 9.17) is 10.7 Å².